The average Bonchev–Trinajstić information content (AvgIpc) is 2.67. The topological polar surface area (TPSA) is 67.5 Å². The van der Waals surface area contributed by atoms with Gasteiger partial charge in [0.15, 0.2) is 0 Å². The Morgan fingerprint density at radius 2 is 2.29 bits per heavy atom. The molecular weight excluding hydrogens is 218 g/mol. The minimum Gasteiger partial charge on any atom is -0.478 e. The van der Waals surface area contributed by atoms with Gasteiger partial charge in [0.2, 0.25) is 0 Å². The largest absolute Gasteiger partial charge is 0.478 e. The number of carboxylic acid groups (broad SMARTS) is 1. The third-order valence-electron chi connectivity index (χ3n) is 2.72. The molecule has 0 atom stereocenters. The third kappa shape index (κ3) is 2.27. The van der Waals surface area contributed by atoms with E-state index in [2.05, 4.69) is 17.1 Å². The molecule has 90 valence electrons. The van der Waals surface area contributed by atoms with Crippen molar-refractivity contribution < 1.29 is 9.90 Å². The lowest BCUT2D eigenvalue weighted by atomic mass is 10.1. The van der Waals surface area contributed by atoms with Gasteiger partial charge in [-0.15, -0.1) is 0 Å². The maximum absolute atomic E-state index is 11.2. The number of rotatable bonds is 5. The highest BCUT2D eigenvalue weighted by molar-refractivity contribution is 5.96. The first-order chi connectivity index (χ1) is 8.24. The van der Waals surface area contributed by atoms with Crippen LogP contribution >= 0.6 is 0 Å². The van der Waals surface area contributed by atoms with Gasteiger partial charge in [0.05, 0.1) is 5.69 Å². The summed E-state index contributed by atoms with van der Waals surface area (Å²) in [6, 6.07) is 3.45. The van der Waals surface area contributed by atoms with Gasteiger partial charge in [0.1, 0.15) is 11.1 Å². The van der Waals surface area contributed by atoms with E-state index >= 15 is 0 Å². The molecule has 0 saturated carbocycles. The van der Waals surface area contributed by atoms with Gasteiger partial charge in [-0.3, -0.25) is 0 Å². The third-order valence-corrected chi connectivity index (χ3v) is 2.72. The van der Waals surface area contributed by atoms with Crippen LogP contribution in [0.15, 0.2) is 18.3 Å². The molecule has 0 aliphatic heterocycles. The van der Waals surface area contributed by atoms with Crippen LogP contribution in [-0.4, -0.2) is 25.9 Å². The SMILES string of the molecule is CCCCCc1nn2ncccc2c1C(=O)O. The van der Waals surface area contributed by atoms with Gasteiger partial charge in [-0.2, -0.15) is 14.8 Å². The number of hydrogen-bond donors (Lipinski definition) is 1. The van der Waals surface area contributed by atoms with Gasteiger partial charge < -0.3 is 5.11 Å². The van der Waals surface area contributed by atoms with E-state index in [0.29, 0.717) is 17.6 Å². The summed E-state index contributed by atoms with van der Waals surface area (Å²) < 4.78 is 1.39. The lowest BCUT2D eigenvalue weighted by Gasteiger charge is -1.97. The Kier molecular flexibility index (Phi) is 3.37. The van der Waals surface area contributed by atoms with E-state index in [4.69, 9.17) is 0 Å². The highest BCUT2D eigenvalue weighted by atomic mass is 16.4. The lowest BCUT2D eigenvalue weighted by molar-refractivity contribution is 0.0697. The molecule has 0 amide bonds. The second-order valence-corrected chi connectivity index (χ2v) is 3.98. The van der Waals surface area contributed by atoms with Crippen molar-refractivity contribution in [3.8, 4) is 0 Å². The van der Waals surface area contributed by atoms with Gasteiger partial charge in [-0.25, -0.2) is 4.79 Å². The van der Waals surface area contributed by atoms with E-state index in [1.54, 1.807) is 18.3 Å². The van der Waals surface area contributed by atoms with Crippen LogP contribution in [0, 0.1) is 0 Å². The first kappa shape index (κ1) is 11.6. The average molecular weight is 233 g/mol. The molecule has 2 rings (SSSR count). The van der Waals surface area contributed by atoms with E-state index in [-0.39, 0.29) is 5.56 Å². The number of carbonyl (C=O) groups is 1. The van der Waals surface area contributed by atoms with Gasteiger partial charge in [-0.1, -0.05) is 19.8 Å². The molecule has 0 fully saturated rings. The van der Waals surface area contributed by atoms with E-state index < -0.39 is 5.97 Å². The van der Waals surface area contributed by atoms with Crippen molar-refractivity contribution in [1.82, 2.24) is 14.8 Å². The molecule has 0 saturated heterocycles. The quantitative estimate of drug-likeness (QED) is 0.803. The predicted molar refractivity (Wildman–Crippen MR) is 63.2 cm³/mol. The van der Waals surface area contributed by atoms with Gasteiger partial charge >= 0.3 is 5.97 Å². The van der Waals surface area contributed by atoms with Crippen molar-refractivity contribution >= 4 is 11.5 Å². The molecule has 0 spiro atoms. The fourth-order valence-corrected chi connectivity index (χ4v) is 1.89. The van der Waals surface area contributed by atoms with Crippen molar-refractivity contribution in [2.75, 3.05) is 0 Å². The Labute approximate surface area is 99.1 Å². The fraction of sp³-hybridized carbons (Fsp3) is 0.417. The molecular formula is C12H15N3O2. The van der Waals surface area contributed by atoms with E-state index in [9.17, 15) is 9.90 Å². The molecule has 5 nitrogen and oxygen atoms in total. The number of aromatic carboxylic acids is 1. The van der Waals surface area contributed by atoms with Crippen LogP contribution in [0.4, 0.5) is 0 Å². The van der Waals surface area contributed by atoms with Crippen molar-refractivity contribution in [3.63, 3.8) is 0 Å². The molecule has 2 aromatic rings. The summed E-state index contributed by atoms with van der Waals surface area (Å²) in [6.45, 7) is 2.11. The summed E-state index contributed by atoms with van der Waals surface area (Å²) in [7, 11) is 0. The Balaban J connectivity index is 2.39. The number of aromatic nitrogens is 3. The standard InChI is InChI=1S/C12H15N3O2/c1-2-3-4-6-9-11(12(16)17)10-7-5-8-13-15(10)14-9/h5,7-8H,2-4,6H2,1H3,(H,16,17). The first-order valence-electron chi connectivity index (χ1n) is 5.80. The molecule has 1 N–H and O–H groups in total. The second-order valence-electron chi connectivity index (χ2n) is 3.98. The molecule has 0 aliphatic carbocycles. The Morgan fingerprint density at radius 1 is 1.47 bits per heavy atom. The number of hydrogen-bond acceptors (Lipinski definition) is 3. The zero-order chi connectivity index (χ0) is 12.3. The highest BCUT2D eigenvalue weighted by Crippen LogP contribution is 2.17. The van der Waals surface area contributed by atoms with Crippen LogP contribution in [0.2, 0.25) is 0 Å². The molecule has 0 radical (unpaired) electrons. The van der Waals surface area contributed by atoms with Gasteiger partial charge in [0, 0.05) is 6.20 Å². The Morgan fingerprint density at radius 3 is 3.00 bits per heavy atom. The lowest BCUT2D eigenvalue weighted by Crippen LogP contribution is -2.00. The van der Waals surface area contributed by atoms with Gasteiger partial charge in [0.25, 0.3) is 0 Å². The minimum atomic E-state index is -0.931. The Hall–Kier alpha value is -1.91. The minimum absolute atomic E-state index is 0.286. The van der Waals surface area contributed by atoms with E-state index in [1.165, 1.54) is 4.63 Å². The van der Waals surface area contributed by atoms with Gasteiger partial charge in [-0.05, 0) is 25.0 Å². The van der Waals surface area contributed by atoms with Crippen molar-refractivity contribution in [1.29, 1.82) is 0 Å². The summed E-state index contributed by atoms with van der Waals surface area (Å²) >= 11 is 0. The van der Waals surface area contributed by atoms with Crippen LogP contribution in [0.3, 0.4) is 0 Å². The summed E-state index contributed by atoms with van der Waals surface area (Å²) in [5.74, 6) is -0.931. The smallest absolute Gasteiger partial charge is 0.339 e. The van der Waals surface area contributed by atoms with E-state index in [0.717, 1.165) is 19.3 Å². The maximum Gasteiger partial charge on any atom is 0.339 e. The molecule has 0 unspecified atom stereocenters. The summed E-state index contributed by atoms with van der Waals surface area (Å²) in [4.78, 5) is 11.2. The summed E-state index contributed by atoms with van der Waals surface area (Å²) in [5, 5.41) is 17.5. The second kappa shape index (κ2) is 4.95. The number of carboxylic acids is 1. The molecule has 0 aliphatic rings. The predicted octanol–water partition coefficient (Wildman–Crippen LogP) is 2.16. The molecule has 0 bridgehead atoms. The first-order valence-corrected chi connectivity index (χ1v) is 5.80. The number of aryl methyl sites for hydroxylation is 1. The highest BCUT2D eigenvalue weighted by Gasteiger charge is 2.18. The van der Waals surface area contributed by atoms with Crippen molar-refractivity contribution in [2.24, 2.45) is 0 Å². The normalized spacial score (nSPS) is 10.9. The number of unbranched alkanes of at least 4 members (excludes halogenated alkanes) is 2. The van der Waals surface area contributed by atoms with Crippen molar-refractivity contribution in [2.45, 2.75) is 32.6 Å². The molecule has 5 heteroatoms. The summed E-state index contributed by atoms with van der Waals surface area (Å²) in [6.07, 6.45) is 5.44. The molecule has 17 heavy (non-hydrogen) atoms. The zero-order valence-corrected chi connectivity index (χ0v) is 9.76. The van der Waals surface area contributed by atoms with Crippen LogP contribution in [0.5, 0.6) is 0 Å². The maximum atomic E-state index is 11.2. The van der Waals surface area contributed by atoms with Crippen LogP contribution in [0.1, 0.15) is 42.2 Å². The summed E-state index contributed by atoms with van der Waals surface area (Å²) in [5.41, 5.74) is 1.48. The molecule has 0 aromatic carbocycles. The molecule has 2 heterocycles. The number of nitrogens with zero attached hydrogens (tertiary/aromatic N) is 3. The fourth-order valence-electron chi connectivity index (χ4n) is 1.89. The van der Waals surface area contributed by atoms with Crippen molar-refractivity contribution in [3.05, 3.63) is 29.6 Å². The molecule has 2 aromatic heterocycles. The zero-order valence-electron chi connectivity index (χ0n) is 9.76. The van der Waals surface area contributed by atoms with E-state index in [1.807, 2.05) is 0 Å². The van der Waals surface area contributed by atoms with Crippen LogP contribution in [0.25, 0.3) is 5.52 Å². The number of fused-ring (bicyclic) bond motifs is 1. The van der Waals surface area contributed by atoms with Crippen LogP contribution in [-0.2, 0) is 6.42 Å². The Bertz CT molecular complexity index is 534. The monoisotopic (exact) mass is 233 g/mol. The van der Waals surface area contributed by atoms with Crippen LogP contribution < -0.4 is 0 Å².